The number of aryl methyl sites for hydroxylation is 1. The van der Waals surface area contributed by atoms with Gasteiger partial charge < -0.3 is 5.32 Å². The van der Waals surface area contributed by atoms with Gasteiger partial charge in [0.1, 0.15) is 0 Å². The molecular weight excluding hydrogens is 254 g/mol. The lowest BCUT2D eigenvalue weighted by Gasteiger charge is -2.33. The zero-order valence-corrected chi connectivity index (χ0v) is 12.9. The maximum Gasteiger partial charge on any atom is 0.0208 e. The largest absolute Gasteiger partial charge is 0.309 e. The van der Waals surface area contributed by atoms with Crippen LogP contribution < -0.4 is 5.32 Å². The van der Waals surface area contributed by atoms with Crippen molar-refractivity contribution in [2.45, 2.75) is 51.1 Å². The first-order valence-corrected chi connectivity index (χ1v) is 8.17. The van der Waals surface area contributed by atoms with E-state index in [-0.39, 0.29) is 0 Å². The van der Waals surface area contributed by atoms with Crippen molar-refractivity contribution in [2.75, 3.05) is 0 Å². The minimum Gasteiger partial charge on any atom is -0.309 e. The van der Waals surface area contributed by atoms with Crippen molar-refractivity contribution in [1.82, 2.24) is 5.32 Å². The summed E-state index contributed by atoms with van der Waals surface area (Å²) in [6, 6.07) is 20.5. The Balaban J connectivity index is 1.67. The quantitative estimate of drug-likeness (QED) is 0.846. The van der Waals surface area contributed by atoms with Crippen molar-refractivity contribution in [3.8, 4) is 0 Å². The highest BCUT2D eigenvalue weighted by Crippen LogP contribution is 2.33. The molecule has 0 saturated heterocycles. The molecule has 1 nitrogen and oxygen atoms in total. The predicted octanol–water partition coefficient (Wildman–Crippen LogP) is 4.81. The van der Waals surface area contributed by atoms with Crippen LogP contribution in [0.15, 0.2) is 54.6 Å². The number of benzene rings is 2. The van der Waals surface area contributed by atoms with Crippen LogP contribution in [0.4, 0.5) is 0 Å². The van der Waals surface area contributed by atoms with Crippen LogP contribution in [0.2, 0.25) is 0 Å². The Morgan fingerprint density at radius 2 is 1.76 bits per heavy atom. The van der Waals surface area contributed by atoms with Crippen molar-refractivity contribution < 1.29 is 0 Å². The van der Waals surface area contributed by atoms with E-state index >= 15 is 0 Å². The van der Waals surface area contributed by atoms with E-state index < -0.39 is 0 Å². The molecule has 1 heteroatoms. The normalized spacial score (nSPS) is 22.1. The summed E-state index contributed by atoms with van der Waals surface area (Å²) in [6.45, 7) is 3.15. The second kappa shape index (κ2) is 6.91. The molecule has 1 saturated carbocycles. The molecule has 0 spiro atoms. The Bertz CT molecular complexity index is 561. The number of rotatable bonds is 4. The van der Waals surface area contributed by atoms with E-state index in [4.69, 9.17) is 0 Å². The molecule has 0 radical (unpaired) electrons. The van der Waals surface area contributed by atoms with Gasteiger partial charge in [0, 0.05) is 12.6 Å². The van der Waals surface area contributed by atoms with E-state index in [1.165, 1.54) is 42.4 Å². The van der Waals surface area contributed by atoms with Gasteiger partial charge in [0.05, 0.1) is 0 Å². The average molecular weight is 279 g/mol. The second-order valence-electron chi connectivity index (χ2n) is 6.28. The highest BCUT2D eigenvalue weighted by Gasteiger charge is 2.25. The molecule has 0 bridgehead atoms. The van der Waals surface area contributed by atoms with E-state index in [1.807, 2.05) is 0 Å². The zero-order chi connectivity index (χ0) is 14.5. The fourth-order valence-electron chi connectivity index (χ4n) is 3.55. The van der Waals surface area contributed by atoms with Gasteiger partial charge in [0.15, 0.2) is 0 Å². The van der Waals surface area contributed by atoms with Gasteiger partial charge in [-0.15, -0.1) is 0 Å². The molecule has 21 heavy (non-hydrogen) atoms. The molecule has 0 amide bonds. The molecule has 0 aliphatic heterocycles. The monoisotopic (exact) mass is 279 g/mol. The summed E-state index contributed by atoms with van der Waals surface area (Å²) in [5.41, 5.74) is 4.24. The van der Waals surface area contributed by atoms with Gasteiger partial charge in [-0.3, -0.25) is 0 Å². The van der Waals surface area contributed by atoms with Crippen molar-refractivity contribution in [2.24, 2.45) is 0 Å². The molecule has 2 aromatic carbocycles. The Kier molecular flexibility index (Phi) is 4.72. The van der Waals surface area contributed by atoms with Gasteiger partial charge in [-0.2, -0.15) is 0 Å². The molecule has 2 aromatic rings. The van der Waals surface area contributed by atoms with Crippen LogP contribution in [0, 0.1) is 6.92 Å². The van der Waals surface area contributed by atoms with E-state index in [0.717, 1.165) is 6.54 Å². The Labute approximate surface area is 128 Å². The smallest absolute Gasteiger partial charge is 0.0208 e. The molecule has 110 valence electrons. The zero-order valence-electron chi connectivity index (χ0n) is 12.9. The van der Waals surface area contributed by atoms with Crippen LogP contribution in [-0.2, 0) is 6.54 Å². The van der Waals surface area contributed by atoms with Crippen molar-refractivity contribution in [3.63, 3.8) is 0 Å². The lowest BCUT2D eigenvalue weighted by molar-refractivity contribution is 0.326. The number of nitrogens with one attached hydrogen (secondary N) is 1. The van der Waals surface area contributed by atoms with Gasteiger partial charge in [-0.1, -0.05) is 73.0 Å². The fourth-order valence-corrected chi connectivity index (χ4v) is 3.55. The molecule has 3 rings (SSSR count). The molecule has 2 atom stereocenters. The van der Waals surface area contributed by atoms with E-state index in [9.17, 15) is 0 Å². The average Bonchev–Trinajstić information content (AvgIpc) is 2.54. The van der Waals surface area contributed by atoms with Crippen LogP contribution in [0.5, 0.6) is 0 Å². The lowest BCUT2D eigenvalue weighted by atomic mass is 9.80. The molecule has 0 aromatic heterocycles. The third-order valence-corrected chi connectivity index (χ3v) is 4.64. The minimum atomic E-state index is 0.613. The predicted molar refractivity (Wildman–Crippen MR) is 89.5 cm³/mol. The third-order valence-electron chi connectivity index (χ3n) is 4.64. The van der Waals surface area contributed by atoms with Crippen LogP contribution in [0.25, 0.3) is 0 Å². The van der Waals surface area contributed by atoms with Crippen molar-refractivity contribution >= 4 is 0 Å². The van der Waals surface area contributed by atoms with Crippen molar-refractivity contribution in [3.05, 3.63) is 71.3 Å². The Hall–Kier alpha value is -1.60. The van der Waals surface area contributed by atoms with Gasteiger partial charge >= 0.3 is 0 Å². The van der Waals surface area contributed by atoms with Crippen LogP contribution in [0.1, 0.15) is 48.3 Å². The van der Waals surface area contributed by atoms with Crippen molar-refractivity contribution in [1.29, 1.82) is 0 Å². The summed E-state index contributed by atoms with van der Waals surface area (Å²) in [6.07, 6.45) is 5.33. The summed E-state index contributed by atoms with van der Waals surface area (Å²) in [7, 11) is 0. The highest BCUT2D eigenvalue weighted by molar-refractivity contribution is 5.24. The molecule has 0 heterocycles. The molecule has 1 fully saturated rings. The molecular formula is C20H25N. The van der Waals surface area contributed by atoms with Crippen LogP contribution >= 0.6 is 0 Å². The summed E-state index contributed by atoms with van der Waals surface area (Å²) in [5.74, 6) is 0.671. The molecule has 1 aliphatic carbocycles. The lowest BCUT2D eigenvalue weighted by Crippen LogP contribution is -2.36. The molecule has 1 N–H and O–H groups in total. The first kappa shape index (κ1) is 14.3. The number of hydrogen-bond acceptors (Lipinski definition) is 1. The van der Waals surface area contributed by atoms with Gasteiger partial charge in [0.2, 0.25) is 0 Å². The second-order valence-corrected chi connectivity index (χ2v) is 6.28. The first-order valence-electron chi connectivity index (χ1n) is 8.17. The van der Waals surface area contributed by atoms with Crippen LogP contribution in [0.3, 0.4) is 0 Å². The summed E-state index contributed by atoms with van der Waals surface area (Å²) >= 11 is 0. The number of hydrogen-bond donors (Lipinski definition) is 1. The van der Waals surface area contributed by atoms with Gasteiger partial charge in [-0.05, 0) is 36.8 Å². The summed E-state index contributed by atoms with van der Waals surface area (Å²) in [5, 5.41) is 3.81. The highest BCUT2D eigenvalue weighted by atomic mass is 14.9. The molecule has 2 unspecified atom stereocenters. The fraction of sp³-hybridized carbons (Fsp3) is 0.400. The van der Waals surface area contributed by atoms with E-state index in [0.29, 0.717) is 12.0 Å². The van der Waals surface area contributed by atoms with E-state index in [2.05, 4.69) is 66.8 Å². The maximum absolute atomic E-state index is 3.81. The summed E-state index contributed by atoms with van der Waals surface area (Å²) < 4.78 is 0. The maximum atomic E-state index is 3.81. The SMILES string of the molecule is Cc1cccc(CNC2CCCCC2c2ccccc2)c1. The minimum absolute atomic E-state index is 0.613. The topological polar surface area (TPSA) is 12.0 Å². The van der Waals surface area contributed by atoms with Gasteiger partial charge in [0.25, 0.3) is 0 Å². The van der Waals surface area contributed by atoms with Crippen LogP contribution in [-0.4, -0.2) is 6.04 Å². The standard InChI is InChI=1S/C20H25N/c1-16-8-7-9-17(14-16)15-21-20-13-6-5-12-19(20)18-10-3-2-4-11-18/h2-4,7-11,14,19-21H,5-6,12-13,15H2,1H3. The Morgan fingerprint density at radius 3 is 2.57 bits per heavy atom. The van der Waals surface area contributed by atoms with E-state index in [1.54, 1.807) is 0 Å². The van der Waals surface area contributed by atoms with Gasteiger partial charge in [-0.25, -0.2) is 0 Å². The summed E-state index contributed by atoms with van der Waals surface area (Å²) in [4.78, 5) is 0. The third kappa shape index (κ3) is 3.74. The Morgan fingerprint density at radius 1 is 0.952 bits per heavy atom. The first-order chi connectivity index (χ1) is 10.3. The molecule has 1 aliphatic rings.